The van der Waals surface area contributed by atoms with Crippen LogP contribution in [-0.4, -0.2) is 11.7 Å². The molecule has 1 saturated heterocycles. The first kappa shape index (κ1) is 9.97. The molecule has 2 nitrogen and oxygen atoms in total. The van der Waals surface area contributed by atoms with Crippen molar-refractivity contribution in [3.63, 3.8) is 0 Å². The Morgan fingerprint density at radius 1 is 1.38 bits per heavy atom. The van der Waals surface area contributed by atoms with Gasteiger partial charge in [-0.25, -0.2) is 0 Å². The molecule has 2 rings (SSSR count). The molecule has 0 aromatic heterocycles. The van der Waals surface area contributed by atoms with Crippen LogP contribution in [0.15, 0.2) is 12.1 Å². The highest BCUT2D eigenvalue weighted by Crippen LogP contribution is 2.34. The van der Waals surface area contributed by atoms with E-state index in [1.807, 2.05) is 6.07 Å². The van der Waals surface area contributed by atoms with Crippen LogP contribution in [0.4, 0.5) is 0 Å². The zero-order valence-electron chi connectivity index (χ0n) is 6.85. The van der Waals surface area contributed by atoms with Crippen molar-refractivity contribution in [1.29, 1.82) is 0 Å². The molecular formula is C9H9I2NO. The Morgan fingerprint density at radius 3 is 2.62 bits per heavy atom. The summed E-state index contributed by atoms with van der Waals surface area (Å²) in [5.41, 5.74) is 1.04. The van der Waals surface area contributed by atoms with Gasteiger partial charge in [0.15, 0.2) is 0 Å². The molecule has 1 aromatic rings. The lowest BCUT2D eigenvalue weighted by Gasteiger charge is -2.29. The summed E-state index contributed by atoms with van der Waals surface area (Å²) in [5, 5.41) is 13.1. The molecule has 2 N–H and O–H groups in total. The first-order valence-electron chi connectivity index (χ1n) is 4.10. The number of rotatable bonds is 1. The summed E-state index contributed by atoms with van der Waals surface area (Å²) >= 11 is 4.44. The van der Waals surface area contributed by atoms with Crippen LogP contribution >= 0.6 is 45.2 Å². The summed E-state index contributed by atoms with van der Waals surface area (Å²) in [4.78, 5) is 0. The topological polar surface area (TPSA) is 32.3 Å². The number of hydrogen-bond donors (Lipinski definition) is 2. The maximum absolute atomic E-state index is 9.81. The first-order chi connectivity index (χ1) is 6.18. The number of halogens is 2. The van der Waals surface area contributed by atoms with E-state index < -0.39 is 0 Å². The molecule has 70 valence electrons. The average Bonchev–Trinajstić information content (AvgIpc) is 1.95. The number of phenols is 1. The van der Waals surface area contributed by atoms with Crippen molar-refractivity contribution in [2.75, 3.05) is 6.54 Å². The Labute approximate surface area is 104 Å². The zero-order valence-corrected chi connectivity index (χ0v) is 11.2. The third-order valence-electron chi connectivity index (χ3n) is 2.26. The average molecular weight is 401 g/mol. The van der Waals surface area contributed by atoms with Crippen molar-refractivity contribution in [2.45, 2.75) is 12.5 Å². The van der Waals surface area contributed by atoms with Gasteiger partial charge in [0.05, 0.1) is 3.57 Å². The van der Waals surface area contributed by atoms with Gasteiger partial charge in [0.2, 0.25) is 0 Å². The molecule has 1 aromatic carbocycles. The maximum Gasteiger partial charge on any atom is 0.133 e. The molecule has 0 spiro atoms. The van der Waals surface area contributed by atoms with Crippen molar-refractivity contribution in [1.82, 2.24) is 5.32 Å². The highest BCUT2D eigenvalue weighted by molar-refractivity contribution is 14.1. The molecule has 0 unspecified atom stereocenters. The third kappa shape index (κ3) is 1.94. The summed E-state index contributed by atoms with van der Waals surface area (Å²) in [5.74, 6) is 0.443. The molecule has 0 saturated carbocycles. The summed E-state index contributed by atoms with van der Waals surface area (Å²) in [7, 11) is 0. The Bertz CT molecular complexity index is 337. The highest BCUT2D eigenvalue weighted by atomic mass is 127. The van der Waals surface area contributed by atoms with E-state index in [-0.39, 0.29) is 0 Å². The second kappa shape index (κ2) is 3.90. The van der Waals surface area contributed by atoms with Gasteiger partial charge in [-0.3, -0.25) is 0 Å². The summed E-state index contributed by atoms with van der Waals surface area (Å²) in [6.07, 6.45) is 1.13. The minimum absolute atomic E-state index is 0.364. The van der Waals surface area contributed by atoms with E-state index in [0.717, 1.165) is 22.1 Å². The largest absolute Gasteiger partial charge is 0.506 e. The van der Waals surface area contributed by atoms with Crippen LogP contribution in [0.2, 0.25) is 0 Å². The number of hydrogen-bond acceptors (Lipinski definition) is 2. The summed E-state index contributed by atoms with van der Waals surface area (Å²) in [6, 6.07) is 4.40. The normalized spacial score (nSPS) is 21.2. The van der Waals surface area contributed by atoms with Crippen LogP contribution < -0.4 is 5.32 Å². The molecule has 0 bridgehead atoms. The predicted molar refractivity (Wildman–Crippen MR) is 68.9 cm³/mol. The number of benzene rings is 1. The van der Waals surface area contributed by atoms with Gasteiger partial charge in [0.25, 0.3) is 0 Å². The number of aromatic hydroxyl groups is 1. The lowest BCUT2D eigenvalue weighted by Crippen LogP contribution is -2.35. The first-order valence-corrected chi connectivity index (χ1v) is 6.25. The number of phenolic OH excluding ortho intramolecular Hbond substituents is 1. The van der Waals surface area contributed by atoms with Crippen molar-refractivity contribution in [3.8, 4) is 5.75 Å². The third-order valence-corrected chi connectivity index (χ3v) is 3.70. The van der Waals surface area contributed by atoms with Gasteiger partial charge < -0.3 is 10.4 Å². The SMILES string of the molecule is Oc1c(I)cc(I)cc1[C@@H]1CCN1. The zero-order chi connectivity index (χ0) is 9.42. The molecule has 1 aliphatic heterocycles. The van der Waals surface area contributed by atoms with Crippen molar-refractivity contribution in [3.05, 3.63) is 24.8 Å². The lowest BCUT2D eigenvalue weighted by molar-refractivity contribution is 0.363. The van der Waals surface area contributed by atoms with Crippen LogP contribution in [0.5, 0.6) is 5.75 Å². The minimum Gasteiger partial charge on any atom is -0.506 e. The van der Waals surface area contributed by atoms with E-state index in [2.05, 4.69) is 56.6 Å². The van der Waals surface area contributed by atoms with Gasteiger partial charge >= 0.3 is 0 Å². The smallest absolute Gasteiger partial charge is 0.133 e. The fourth-order valence-corrected chi connectivity index (χ4v) is 3.30. The van der Waals surface area contributed by atoms with Gasteiger partial charge in [-0.15, -0.1) is 0 Å². The molecule has 1 atom stereocenters. The van der Waals surface area contributed by atoms with Gasteiger partial charge in [-0.1, -0.05) is 0 Å². The van der Waals surface area contributed by atoms with Crippen LogP contribution in [0.3, 0.4) is 0 Å². The Kier molecular flexibility index (Phi) is 2.99. The molecule has 1 heterocycles. The van der Waals surface area contributed by atoms with E-state index in [9.17, 15) is 5.11 Å². The van der Waals surface area contributed by atoms with Gasteiger partial charge in [0, 0.05) is 15.2 Å². The molecule has 4 heteroatoms. The van der Waals surface area contributed by atoms with Gasteiger partial charge in [-0.05, 0) is 70.3 Å². The summed E-state index contributed by atoms with van der Waals surface area (Å²) in [6.45, 7) is 1.06. The Hall–Kier alpha value is 0.440. The summed E-state index contributed by atoms with van der Waals surface area (Å²) < 4.78 is 2.12. The highest BCUT2D eigenvalue weighted by Gasteiger charge is 2.22. The van der Waals surface area contributed by atoms with E-state index in [0.29, 0.717) is 11.8 Å². The molecular weight excluding hydrogens is 392 g/mol. The second-order valence-electron chi connectivity index (χ2n) is 3.12. The van der Waals surface area contributed by atoms with E-state index >= 15 is 0 Å². The standard InChI is InChI=1S/C9H9I2NO/c10-5-3-6(8-1-2-12-8)9(13)7(11)4-5/h3-4,8,12-13H,1-2H2/t8-/m0/s1. The fourth-order valence-electron chi connectivity index (χ4n) is 1.41. The maximum atomic E-state index is 9.81. The van der Waals surface area contributed by atoms with Gasteiger partial charge in [-0.2, -0.15) is 0 Å². The molecule has 1 fully saturated rings. The van der Waals surface area contributed by atoms with Crippen LogP contribution in [-0.2, 0) is 0 Å². The predicted octanol–water partition coefficient (Wildman–Crippen LogP) is 2.64. The molecule has 0 radical (unpaired) electrons. The van der Waals surface area contributed by atoms with Crippen molar-refractivity contribution in [2.24, 2.45) is 0 Å². The molecule has 0 aliphatic carbocycles. The second-order valence-corrected chi connectivity index (χ2v) is 5.53. The van der Waals surface area contributed by atoms with E-state index in [1.54, 1.807) is 0 Å². The molecule has 0 amide bonds. The quantitative estimate of drug-likeness (QED) is 0.710. The Morgan fingerprint density at radius 2 is 2.08 bits per heavy atom. The van der Waals surface area contributed by atoms with E-state index in [1.165, 1.54) is 3.57 Å². The monoisotopic (exact) mass is 401 g/mol. The fraction of sp³-hybridized carbons (Fsp3) is 0.333. The van der Waals surface area contributed by atoms with E-state index in [4.69, 9.17) is 0 Å². The number of nitrogens with one attached hydrogen (secondary N) is 1. The molecule has 13 heavy (non-hydrogen) atoms. The Balaban J connectivity index is 2.42. The van der Waals surface area contributed by atoms with Gasteiger partial charge in [0.1, 0.15) is 5.75 Å². The molecule has 1 aliphatic rings. The van der Waals surface area contributed by atoms with Crippen LogP contribution in [0.1, 0.15) is 18.0 Å². The van der Waals surface area contributed by atoms with Crippen molar-refractivity contribution >= 4 is 45.2 Å². The minimum atomic E-state index is 0.364. The lowest BCUT2D eigenvalue weighted by atomic mass is 9.97. The van der Waals surface area contributed by atoms with Crippen molar-refractivity contribution < 1.29 is 5.11 Å². The van der Waals surface area contributed by atoms with Crippen LogP contribution in [0.25, 0.3) is 0 Å². The van der Waals surface area contributed by atoms with Crippen LogP contribution in [0, 0.1) is 7.14 Å².